The van der Waals surface area contributed by atoms with Crippen molar-refractivity contribution in [1.29, 1.82) is 0 Å². The second kappa shape index (κ2) is 7.84. The number of hydrogen-bond donors (Lipinski definition) is 1. The minimum Gasteiger partial charge on any atom is -0.450 e. The topological polar surface area (TPSA) is 81.4 Å². The number of carbonyl (C=O) groups excluding carboxylic acids is 2. The number of para-hydroxylation sites is 2. The fourth-order valence-corrected chi connectivity index (χ4v) is 3.60. The summed E-state index contributed by atoms with van der Waals surface area (Å²) >= 11 is 7.44. The number of carbonyl (C=O) groups is 2. The Morgan fingerprint density at radius 3 is 2.68 bits per heavy atom. The molecule has 4 aromatic rings. The number of benzene rings is 2. The molecule has 0 bridgehead atoms. The Hall–Kier alpha value is -3.16. The first kappa shape index (κ1) is 18.2. The molecular weight excluding hydrogens is 400 g/mol. The molecular formula is C20H13ClN2O4S. The molecule has 0 saturated carbocycles. The van der Waals surface area contributed by atoms with Crippen LogP contribution >= 0.6 is 22.9 Å². The minimum atomic E-state index is -0.735. The van der Waals surface area contributed by atoms with Crippen molar-refractivity contribution in [2.24, 2.45) is 0 Å². The summed E-state index contributed by atoms with van der Waals surface area (Å²) in [6, 6.07) is 17.6. The van der Waals surface area contributed by atoms with Crippen LogP contribution in [-0.2, 0) is 9.53 Å². The number of nitrogens with zero attached hydrogens (tertiary/aromatic N) is 1. The van der Waals surface area contributed by atoms with Crippen LogP contribution in [0.3, 0.4) is 0 Å². The van der Waals surface area contributed by atoms with Crippen molar-refractivity contribution < 1.29 is 18.7 Å². The SMILES string of the molecule is O=C(COC(=O)c1ccc(-c2nc3ccccc3s2)o1)Nc1ccccc1Cl. The van der Waals surface area contributed by atoms with Crippen molar-refractivity contribution >= 4 is 50.7 Å². The quantitative estimate of drug-likeness (QED) is 0.466. The maximum absolute atomic E-state index is 12.1. The summed E-state index contributed by atoms with van der Waals surface area (Å²) in [5.41, 5.74) is 1.31. The Bertz CT molecular complexity index is 1130. The summed E-state index contributed by atoms with van der Waals surface area (Å²) in [7, 11) is 0. The van der Waals surface area contributed by atoms with Gasteiger partial charge in [-0.25, -0.2) is 9.78 Å². The highest BCUT2D eigenvalue weighted by Gasteiger charge is 2.17. The Balaban J connectivity index is 1.39. The third kappa shape index (κ3) is 3.90. The van der Waals surface area contributed by atoms with Gasteiger partial charge in [0.1, 0.15) is 0 Å². The number of amides is 1. The van der Waals surface area contributed by atoms with Crippen LogP contribution in [0.2, 0.25) is 5.02 Å². The molecule has 28 heavy (non-hydrogen) atoms. The van der Waals surface area contributed by atoms with E-state index < -0.39 is 18.5 Å². The van der Waals surface area contributed by atoms with Crippen molar-refractivity contribution in [1.82, 2.24) is 4.98 Å². The van der Waals surface area contributed by atoms with Gasteiger partial charge >= 0.3 is 5.97 Å². The van der Waals surface area contributed by atoms with Gasteiger partial charge in [0.25, 0.3) is 5.91 Å². The van der Waals surface area contributed by atoms with Gasteiger partial charge in [-0.15, -0.1) is 11.3 Å². The van der Waals surface area contributed by atoms with Gasteiger partial charge < -0.3 is 14.5 Å². The van der Waals surface area contributed by atoms with E-state index in [9.17, 15) is 9.59 Å². The molecule has 0 radical (unpaired) electrons. The zero-order valence-corrected chi connectivity index (χ0v) is 15.9. The number of furan rings is 1. The van der Waals surface area contributed by atoms with Crippen molar-refractivity contribution in [2.45, 2.75) is 0 Å². The Morgan fingerprint density at radius 1 is 1.07 bits per heavy atom. The van der Waals surface area contributed by atoms with Gasteiger partial charge in [0, 0.05) is 0 Å². The molecule has 0 atom stereocenters. The number of thiazole rings is 1. The molecule has 8 heteroatoms. The van der Waals surface area contributed by atoms with Crippen LogP contribution in [0.4, 0.5) is 5.69 Å². The molecule has 1 N–H and O–H groups in total. The van der Waals surface area contributed by atoms with E-state index in [1.807, 2.05) is 24.3 Å². The lowest BCUT2D eigenvalue weighted by Crippen LogP contribution is -2.20. The maximum Gasteiger partial charge on any atom is 0.374 e. The van der Waals surface area contributed by atoms with Crippen LogP contribution in [-0.4, -0.2) is 23.5 Å². The number of aromatic nitrogens is 1. The molecule has 0 aliphatic rings. The highest BCUT2D eigenvalue weighted by atomic mass is 35.5. The zero-order valence-electron chi connectivity index (χ0n) is 14.3. The van der Waals surface area contributed by atoms with Gasteiger partial charge in [-0.3, -0.25) is 4.79 Å². The molecule has 6 nitrogen and oxygen atoms in total. The number of rotatable bonds is 5. The standard InChI is InChI=1S/C20H13ClN2O4S/c21-12-5-1-2-6-13(12)22-18(24)11-26-20(25)16-10-9-15(27-16)19-23-14-7-3-4-8-17(14)28-19/h1-10H,11H2,(H,22,24). The molecule has 0 spiro atoms. The third-order valence-electron chi connectivity index (χ3n) is 3.79. The van der Waals surface area contributed by atoms with E-state index in [0.29, 0.717) is 21.5 Å². The van der Waals surface area contributed by atoms with Crippen molar-refractivity contribution in [3.8, 4) is 10.8 Å². The summed E-state index contributed by atoms with van der Waals surface area (Å²) in [4.78, 5) is 28.6. The van der Waals surface area contributed by atoms with E-state index in [4.69, 9.17) is 20.8 Å². The number of nitrogens with one attached hydrogen (secondary N) is 1. The van der Waals surface area contributed by atoms with Crippen LogP contribution in [0.5, 0.6) is 0 Å². The number of halogens is 1. The first-order chi connectivity index (χ1) is 13.6. The largest absolute Gasteiger partial charge is 0.450 e. The molecule has 0 aliphatic heterocycles. The van der Waals surface area contributed by atoms with Crippen LogP contribution in [0.1, 0.15) is 10.6 Å². The summed E-state index contributed by atoms with van der Waals surface area (Å²) in [6.45, 7) is -0.457. The van der Waals surface area contributed by atoms with Crippen molar-refractivity contribution in [3.05, 3.63) is 71.4 Å². The summed E-state index contributed by atoms with van der Waals surface area (Å²) < 4.78 is 11.6. The Morgan fingerprint density at radius 2 is 1.86 bits per heavy atom. The van der Waals surface area contributed by atoms with Gasteiger partial charge in [0.2, 0.25) is 5.76 Å². The van der Waals surface area contributed by atoms with E-state index in [1.165, 1.54) is 17.4 Å². The van der Waals surface area contributed by atoms with E-state index in [1.54, 1.807) is 30.3 Å². The second-order valence-electron chi connectivity index (χ2n) is 5.75. The van der Waals surface area contributed by atoms with Gasteiger partial charge in [0.05, 0.1) is 20.9 Å². The van der Waals surface area contributed by atoms with Crippen LogP contribution in [0.15, 0.2) is 65.1 Å². The number of ether oxygens (including phenoxy) is 1. The third-order valence-corrected chi connectivity index (χ3v) is 5.17. The van der Waals surface area contributed by atoms with Gasteiger partial charge in [-0.1, -0.05) is 35.9 Å². The smallest absolute Gasteiger partial charge is 0.374 e. The summed E-state index contributed by atoms with van der Waals surface area (Å²) in [6.07, 6.45) is 0. The summed E-state index contributed by atoms with van der Waals surface area (Å²) in [5, 5.41) is 3.64. The highest BCUT2D eigenvalue weighted by Crippen LogP contribution is 2.31. The van der Waals surface area contributed by atoms with E-state index >= 15 is 0 Å². The monoisotopic (exact) mass is 412 g/mol. The van der Waals surface area contributed by atoms with Crippen molar-refractivity contribution in [3.63, 3.8) is 0 Å². The van der Waals surface area contributed by atoms with Crippen molar-refractivity contribution in [2.75, 3.05) is 11.9 Å². The first-order valence-electron chi connectivity index (χ1n) is 8.27. The molecule has 0 unspecified atom stereocenters. The second-order valence-corrected chi connectivity index (χ2v) is 7.19. The first-order valence-corrected chi connectivity index (χ1v) is 9.47. The van der Waals surface area contributed by atoms with Gasteiger partial charge in [0.15, 0.2) is 17.4 Å². The van der Waals surface area contributed by atoms with Gasteiger partial charge in [-0.05, 0) is 36.4 Å². The zero-order chi connectivity index (χ0) is 19.5. The molecule has 0 aliphatic carbocycles. The molecule has 1 amide bonds. The normalized spacial score (nSPS) is 10.8. The fraction of sp³-hybridized carbons (Fsp3) is 0.0500. The van der Waals surface area contributed by atoms with Gasteiger partial charge in [-0.2, -0.15) is 0 Å². The lowest BCUT2D eigenvalue weighted by atomic mass is 10.3. The predicted octanol–water partition coefficient (Wildman–Crippen LogP) is 5.01. The molecule has 4 rings (SSSR count). The Kier molecular flexibility index (Phi) is 5.10. The fourth-order valence-electron chi connectivity index (χ4n) is 2.49. The maximum atomic E-state index is 12.1. The molecule has 0 fully saturated rings. The number of fused-ring (bicyclic) bond motifs is 1. The van der Waals surface area contributed by atoms with E-state index in [2.05, 4.69) is 10.3 Å². The average molecular weight is 413 g/mol. The summed E-state index contributed by atoms with van der Waals surface area (Å²) in [5.74, 6) is -0.769. The average Bonchev–Trinajstić information content (AvgIpc) is 3.35. The molecule has 140 valence electrons. The molecule has 0 saturated heterocycles. The molecule has 2 aromatic carbocycles. The highest BCUT2D eigenvalue weighted by molar-refractivity contribution is 7.21. The van der Waals surface area contributed by atoms with E-state index in [0.717, 1.165) is 10.2 Å². The van der Waals surface area contributed by atoms with E-state index in [-0.39, 0.29) is 5.76 Å². The predicted molar refractivity (Wildman–Crippen MR) is 108 cm³/mol. The molecule has 2 heterocycles. The number of anilines is 1. The van der Waals surface area contributed by atoms with Crippen LogP contribution < -0.4 is 5.32 Å². The molecule has 2 aromatic heterocycles. The van der Waals surface area contributed by atoms with Crippen LogP contribution in [0.25, 0.3) is 21.0 Å². The number of hydrogen-bond acceptors (Lipinski definition) is 6. The minimum absolute atomic E-state index is 0.000186. The lowest BCUT2D eigenvalue weighted by molar-refractivity contribution is -0.119. The lowest BCUT2D eigenvalue weighted by Gasteiger charge is -2.07. The number of esters is 1. The van der Waals surface area contributed by atoms with Crippen LogP contribution in [0, 0.1) is 0 Å². The Labute approximate surface area is 168 Å².